The van der Waals surface area contributed by atoms with E-state index in [0.29, 0.717) is 15.7 Å². The van der Waals surface area contributed by atoms with Gasteiger partial charge in [0, 0.05) is 17.3 Å². The number of carbonyl (C=O) groups is 1. The van der Waals surface area contributed by atoms with Gasteiger partial charge in [-0.05, 0) is 24.3 Å². The molecule has 0 aliphatic heterocycles. The maximum Gasteiger partial charge on any atom is 0.337 e. The van der Waals surface area contributed by atoms with Gasteiger partial charge >= 0.3 is 5.97 Å². The van der Waals surface area contributed by atoms with Crippen LogP contribution in [0.25, 0.3) is 5.69 Å². The monoisotopic (exact) mass is 283 g/mol. The van der Waals surface area contributed by atoms with Crippen LogP contribution in [-0.4, -0.2) is 15.6 Å². The summed E-state index contributed by atoms with van der Waals surface area (Å²) in [6.45, 7) is 0. The molecule has 1 aromatic carbocycles. The van der Waals surface area contributed by atoms with Crippen LogP contribution in [0.4, 0.5) is 0 Å². The molecule has 4 nitrogen and oxygen atoms in total. The van der Waals surface area contributed by atoms with Gasteiger partial charge in [0.15, 0.2) is 0 Å². The number of hydrogen-bond donors (Lipinski definition) is 1. The van der Waals surface area contributed by atoms with Crippen LogP contribution in [0, 0.1) is 0 Å². The van der Waals surface area contributed by atoms with Crippen LogP contribution in [0.5, 0.6) is 0 Å². The average molecular weight is 284 g/mol. The Balaban J connectivity index is 2.70. The zero-order valence-corrected chi connectivity index (χ0v) is 10.4. The quantitative estimate of drug-likeness (QED) is 0.922. The lowest BCUT2D eigenvalue weighted by atomic mass is 10.2. The molecule has 0 fully saturated rings. The number of aromatic nitrogens is 1. The molecule has 0 saturated heterocycles. The molecule has 0 aliphatic rings. The summed E-state index contributed by atoms with van der Waals surface area (Å²) in [5.74, 6) is -1.12. The summed E-state index contributed by atoms with van der Waals surface area (Å²) >= 11 is 11.8. The third-order valence-corrected chi connectivity index (χ3v) is 2.88. The molecule has 0 atom stereocenters. The molecule has 0 spiro atoms. The molecule has 0 bridgehead atoms. The van der Waals surface area contributed by atoms with E-state index in [1.807, 2.05) is 0 Å². The first-order chi connectivity index (χ1) is 8.49. The Labute approximate surface area is 112 Å². The molecule has 1 heterocycles. The van der Waals surface area contributed by atoms with Crippen LogP contribution in [0.3, 0.4) is 0 Å². The average Bonchev–Trinajstić information content (AvgIpc) is 2.33. The van der Waals surface area contributed by atoms with Crippen molar-refractivity contribution in [3.8, 4) is 5.69 Å². The van der Waals surface area contributed by atoms with Crippen LogP contribution in [0.2, 0.25) is 10.0 Å². The molecular formula is C12H7Cl2NO3. The van der Waals surface area contributed by atoms with Gasteiger partial charge in [-0.2, -0.15) is 0 Å². The molecule has 0 amide bonds. The molecule has 0 radical (unpaired) electrons. The molecule has 2 rings (SSSR count). The van der Waals surface area contributed by atoms with Gasteiger partial charge in [-0.3, -0.25) is 9.36 Å². The van der Waals surface area contributed by atoms with Gasteiger partial charge in [0.1, 0.15) is 0 Å². The second kappa shape index (κ2) is 4.84. The zero-order valence-electron chi connectivity index (χ0n) is 8.93. The van der Waals surface area contributed by atoms with E-state index in [9.17, 15) is 9.59 Å². The van der Waals surface area contributed by atoms with Crippen molar-refractivity contribution in [2.24, 2.45) is 0 Å². The molecule has 2 aromatic rings. The predicted molar refractivity (Wildman–Crippen MR) is 69.0 cm³/mol. The van der Waals surface area contributed by atoms with Crippen molar-refractivity contribution in [1.82, 2.24) is 4.57 Å². The van der Waals surface area contributed by atoms with E-state index in [1.54, 1.807) is 12.1 Å². The highest BCUT2D eigenvalue weighted by Crippen LogP contribution is 2.23. The standard InChI is InChI=1S/C12H7Cl2NO3/c13-8-2-3-9(14)10(5-8)15-6-7(12(17)18)1-4-11(15)16/h1-6H,(H,17,18). The number of aromatic carboxylic acids is 1. The number of rotatable bonds is 2. The third-order valence-electron chi connectivity index (χ3n) is 2.33. The second-order valence-electron chi connectivity index (χ2n) is 3.53. The van der Waals surface area contributed by atoms with Crippen molar-refractivity contribution in [2.75, 3.05) is 0 Å². The molecule has 1 aromatic heterocycles. The molecular weight excluding hydrogens is 277 g/mol. The lowest BCUT2D eigenvalue weighted by Gasteiger charge is -2.08. The molecule has 18 heavy (non-hydrogen) atoms. The number of pyridine rings is 1. The number of benzene rings is 1. The number of nitrogens with zero attached hydrogens (tertiary/aromatic N) is 1. The predicted octanol–water partition coefficient (Wildman–Crippen LogP) is 2.84. The van der Waals surface area contributed by atoms with E-state index < -0.39 is 5.97 Å². The normalized spacial score (nSPS) is 10.3. The number of carboxylic acids is 1. The summed E-state index contributed by atoms with van der Waals surface area (Å²) < 4.78 is 1.15. The largest absolute Gasteiger partial charge is 0.478 e. The number of halogens is 2. The summed E-state index contributed by atoms with van der Waals surface area (Å²) in [6.07, 6.45) is 1.21. The van der Waals surface area contributed by atoms with E-state index in [2.05, 4.69) is 0 Å². The van der Waals surface area contributed by atoms with Crippen molar-refractivity contribution < 1.29 is 9.90 Å². The first-order valence-corrected chi connectivity index (χ1v) is 5.66. The van der Waals surface area contributed by atoms with Crippen LogP contribution in [0.15, 0.2) is 41.3 Å². The fraction of sp³-hybridized carbons (Fsp3) is 0. The SMILES string of the molecule is O=C(O)c1ccc(=O)n(-c2cc(Cl)ccc2Cl)c1. The number of carboxylic acid groups (broad SMARTS) is 1. The summed E-state index contributed by atoms with van der Waals surface area (Å²) in [5.41, 5.74) is -0.0490. The first-order valence-electron chi connectivity index (χ1n) is 4.90. The van der Waals surface area contributed by atoms with E-state index in [-0.39, 0.29) is 11.1 Å². The van der Waals surface area contributed by atoms with Crippen LogP contribution >= 0.6 is 23.2 Å². The van der Waals surface area contributed by atoms with Gasteiger partial charge in [-0.15, -0.1) is 0 Å². The lowest BCUT2D eigenvalue weighted by molar-refractivity contribution is 0.0696. The van der Waals surface area contributed by atoms with Gasteiger partial charge in [0.05, 0.1) is 16.3 Å². The van der Waals surface area contributed by atoms with Gasteiger partial charge < -0.3 is 5.11 Å². The summed E-state index contributed by atoms with van der Waals surface area (Å²) in [4.78, 5) is 22.6. The minimum absolute atomic E-state index is 0.00866. The zero-order chi connectivity index (χ0) is 13.3. The smallest absolute Gasteiger partial charge is 0.337 e. The minimum Gasteiger partial charge on any atom is -0.478 e. The Bertz CT molecular complexity index is 679. The number of hydrogen-bond acceptors (Lipinski definition) is 2. The van der Waals surface area contributed by atoms with Crippen LogP contribution in [-0.2, 0) is 0 Å². The summed E-state index contributed by atoms with van der Waals surface area (Å²) in [7, 11) is 0. The van der Waals surface area contributed by atoms with Crippen LogP contribution in [0.1, 0.15) is 10.4 Å². The van der Waals surface area contributed by atoms with Gasteiger partial charge in [-0.25, -0.2) is 4.79 Å². The molecule has 92 valence electrons. The molecule has 0 aliphatic carbocycles. The van der Waals surface area contributed by atoms with Crippen molar-refractivity contribution in [2.45, 2.75) is 0 Å². The fourth-order valence-electron chi connectivity index (χ4n) is 1.47. The van der Waals surface area contributed by atoms with Gasteiger partial charge in [0.25, 0.3) is 5.56 Å². The minimum atomic E-state index is -1.12. The third kappa shape index (κ3) is 2.39. The van der Waals surface area contributed by atoms with Gasteiger partial charge in [-0.1, -0.05) is 23.2 Å². The Hall–Kier alpha value is -1.78. The highest BCUT2D eigenvalue weighted by Gasteiger charge is 2.09. The molecule has 0 saturated carbocycles. The maximum atomic E-state index is 11.7. The maximum absolute atomic E-state index is 11.7. The van der Waals surface area contributed by atoms with Crippen molar-refractivity contribution in [3.05, 3.63) is 62.5 Å². The van der Waals surface area contributed by atoms with Crippen molar-refractivity contribution >= 4 is 29.2 Å². The van der Waals surface area contributed by atoms with Crippen molar-refractivity contribution in [3.63, 3.8) is 0 Å². The Kier molecular flexibility index (Phi) is 3.41. The Morgan fingerprint density at radius 1 is 1.17 bits per heavy atom. The van der Waals surface area contributed by atoms with Crippen LogP contribution < -0.4 is 5.56 Å². The molecule has 6 heteroatoms. The molecule has 0 unspecified atom stereocenters. The topological polar surface area (TPSA) is 59.3 Å². The molecule has 1 N–H and O–H groups in total. The fourth-order valence-corrected chi connectivity index (χ4v) is 1.85. The van der Waals surface area contributed by atoms with E-state index in [1.165, 1.54) is 24.4 Å². The van der Waals surface area contributed by atoms with E-state index in [4.69, 9.17) is 28.3 Å². The first kappa shape index (κ1) is 12.7. The highest BCUT2D eigenvalue weighted by atomic mass is 35.5. The Morgan fingerprint density at radius 3 is 2.56 bits per heavy atom. The lowest BCUT2D eigenvalue weighted by Crippen LogP contribution is -2.18. The Morgan fingerprint density at radius 2 is 1.89 bits per heavy atom. The van der Waals surface area contributed by atoms with E-state index in [0.717, 1.165) is 4.57 Å². The van der Waals surface area contributed by atoms with E-state index >= 15 is 0 Å². The summed E-state index contributed by atoms with van der Waals surface area (Å²) in [6, 6.07) is 7.02. The second-order valence-corrected chi connectivity index (χ2v) is 4.37. The summed E-state index contributed by atoms with van der Waals surface area (Å²) in [5, 5.41) is 9.61. The highest BCUT2D eigenvalue weighted by molar-refractivity contribution is 6.34. The van der Waals surface area contributed by atoms with Gasteiger partial charge in [0.2, 0.25) is 0 Å². The van der Waals surface area contributed by atoms with Crippen molar-refractivity contribution in [1.29, 1.82) is 0 Å².